The summed E-state index contributed by atoms with van der Waals surface area (Å²) in [5.74, 6) is 0.0112. The Kier molecular flexibility index (Phi) is 4.59. The normalized spacial score (nSPS) is 23.9. The van der Waals surface area contributed by atoms with Crippen molar-refractivity contribution in [2.45, 2.75) is 26.8 Å². The van der Waals surface area contributed by atoms with Crippen LogP contribution in [0, 0.1) is 17.8 Å². The predicted molar refractivity (Wildman–Crippen MR) is 75.8 cm³/mol. The Bertz CT molecular complexity index is 416. The summed E-state index contributed by atoms with van der Waals surface area (Å²) in [5, 5.41) is 9.35. The second-order valence-corrected chi connectivity index (χ2v) is 6.01. The average molecular weight is 261 g/mol. The minimum atomic E-state index is -0.638. The molecule has 1 aromatic carbocycles. The molecule has 0 bridgehead atoms. The zero-order valence-corrected chi connectivity index (χ0v) is 11.7. The van der Waals surface area contributed by atoms with Crippen LogP contribution in [0.25, 0.3) is 0 Å². The monoisotopic (exact) mass is 261 g/mol. The molecule has 0 aliphatic carbocycles. The van der Waals surface area contributed by atoms with Gasteiger partial charge in [-0.15, -0.1) is 0 Å². The number of carboxylic acid groups (broad SMARTS) is 1. The smallest absolute Gasteiger partial charge is 0.308 e. The molecule has 0 radical (unpaired) electrons. The highest BCUT2D eigenvalue weighted by molar-refractivity contribution is 5.71. The molecule has 0 aromatic heterocycles. The number of nitrogens with zero attached hydrogens (tertiary/aromatic N) is 1. The van der Waals surface area contributed by atoms with E-state index in [0.717, 1.165) is 19.5 Å². The van der Waals surface area contributed by atoms with Crippen LogP contribution in [0.4, 0.5) is 0 Å². The van der Waals surface area contributed by atoms with E-state index in [-0.39, 0.29) is 5.92 Å². The molecule has 2 rings (SSSR count). The fraction of sp³-hybridized carbons (Fsp3) is 0.562. The fourth-order valence-electron chi connectivity index (χ4n) is 3.06. The SMILES string of the molecule is CC(C)C[C@@H]1CN(Cc2ccccc2)CC1C(=O)O. The Balaban J connectivity index is 1.99. The molecule has 3 nitrogen and oxygen atoms in total. The largest absolute Gasteiger partial charge is 0.481 e. The van der Waals surface area contributed by atoms with E-state index < -0.39 is 5.97 Å². The van der Waals surface area contributed by atoms with Crippen LogP contribution in [-0.4, -0.2) is 29.1 Å². The van der Waals surface area contributed by atoms with Crippen LogP contribution in [0.1, 0.15) is 25.8 Å². The molecule has 0 spiro atoms. The highest BCUT2D eigenvalue weighted by Crippen LogP contribution is 2.30. The molecule has 1 heterocycles. The van der Waals surface area contributed by atoms with Gasteiger partial charge in [0.25, 0.3) is 0 Å². The summed E-state index contributed by atoms with van der Waals surface area (Å²) in [7, 11) is 0. The van der Waals surface area contributed by atoms with E-state index in [2.05, 4.69) is 30.9 Å². The topological polar surface area (TPSA) is 40.5 Å². The Hall–Kier alpha value is -1.35. The van der Waals surface area contributed by atoms with Crippen molar-refractivity contribution in [3.8, 4) is 0 Å². The van der Waals surface area contributed by atoms with Crippen molar-refractivity contribution in [1.29, 1.82) is 0 Å². The van der Waals surface area contributed by atoms with Crippen molar-refractivity contribution in [3.05, 3.63) is 35.9 Å². The number of aliphatic carboxylic acids is 1. The first-order valence-electron chi connectivity index (χ1n) is 7.05. The molecular formula is C16H23NO2. The lowest BCUT2D eigenvalue weighted by atomic mass is 9.88. The van der Waals surface area contributed by atoms with Crippen molar-refractivity contribution in [2.24, 2.45) is 17.8 Å². The van der Waals surface area contributed by atoms with E-state index in [0.29, 0.717) is 18.4 Å². The van der Waals surface area contributed by atoms with Gasteiger partial charge in [0.2, 0.25) is 0 Å². The highest BCUT2D eigenvalue weighted by Gasteiger charge is 2.37. The maximum atomic E-state index is 11.4. The first-order chi connectivity index (χ1) is 9.06. The van der Waals surface area contributed by atoms with Gasteiger partial charge in [-0.3, -0.25) is 9.69 Å². The molecule has 0 amide bonds. The average Bonchev–Trinajstić information content (AvgIpc) is 2.72. The minimum Gasteiger partial charge on any atom is -0.481 e. The molecule has 2 atom stereocenters. The van der Waals surface area contributed by atoms with Crippen molar-refractivity contribution in [1.82, 2.24) is 4.90 Å². The standard InChI is InChI=1S/C16H23NO2/c1-12(2)8-14-10-17(11-15(14)16(18)19)9-13-6-4-3-5-7-13/h3-7,12,14-15H,8-11H2,1-2H3,(H,18,19)/t14-,15?/m1/s1. The third-order valence-electron chi connectivity index (χ3n) is 3.86. The molecule has 1 fully saturated rings. The number of carboxylic acids is 1. The van der Waals surface area contributed by atoms with E-state index >= 15 is 0 Å². The fourth-order valence-corrected chi connectivity index (χ4v) is 3.06. The van der Waals surface area contributed by atoms with Gasteiger partial charge >= 0.3 is 5.97 Å². The summed E-state index contributed by atoms with van der Waals surface area (Å²) in [6.07, 6.45) is 1.00. The summed E-state index contributed by atoms with van der Waals surface area (Å²) < 4.78 is 0. The molecule has 1 aromatic rings. The second-order valence-electron chi connectivity index (χ2n) is 6.01. The number of hydrogen-bond acceptors (Lipinski definition) is 2. The molecule has 1 unspecified atom stereocenters. The lowest BCUT2D eigenvalue weighted by Crippen LogP contribution is -2.23. The van der Waals surface area contributed by atoms with Gasteiger partial charge in [-0.2, -0.15) is 0 Å². The second kappa shape index (κ2) is 6.20. The summed E-state index contributed by atoms with van der Waals surface area (Å²) >= 11 is 0. The summed E-state index contributed by atoms with van der Waals surface area (Å²) in [6.45, 7) is 6.78. The van der Waals surface area contributed by atoms with Crippen molar-refractivity contribution < 1.29 is 9.90 Å². The van der Waals surface area contributed by atoms with Gasteiger partial charge in [-0.25, -0.2) is 0 Å². The van der Waals surface area contributed by atoms with Crippen LogP contribution in [0.3, 0.4) is 0 Å². The van der Waals surface area contributed by atoms with E-state index in [9.17, 15) is 9.90 Å². The zero-order chi connectivity index (χ0) is 13.8. The van der Waals surface area contributed by atoms with Gasteiger partial charge in [0, 0.05) is 19.6 Å². The van der Waals surface area contributed by atoms with Crippen LogP contribution in [0.5, 0.6) is 0 Å². The predicted octanol–water partition coefficient (Wildman–Crippen LogP) is 2.87. The van der Waals surface area contributed by atoms with Gasteiger partial charge < -0.3 is 5.11 Å². The summed E-state index contributed by atoms with van der Waals surface area (Å²) in [4.78, 5) is 13.6. The molecule has 1 aliphatic heterocycles. The number of rotatable bonds is 5. The molecule has 0 saturated carbocycles. The number of likely N-dealkylation sites (tertiary alicyclic amines) is 1. The quantitative estimate of drug-likeness (QED) is 0.886. The van der Waals surface area contributed by atoms with Gasteiger partial charge in [-0.1, -0.05) is 44.2 Å². The Morgan fingerprint density at radius 1 is 1.32 bits per heavy atom. The number of carbonyl (C=O) groups is 1. The molecular weight excluding hydrogens is 238 g/mol. The zero-order valence-electron chi connectivity index (χ0n) is 11.7. The third-order valence-corrected chi connectivity index (χ3v) is 3.86. The van der Waals surface area contributed by atoms with Crippen LogP contribution in [0.2, 0.25) is 0 Å². The lowest BCUT2D eigenvalue weighted by molar-refractivity contribution is -0.142. The van der Waals surface area contributed by atoms with Crippen LogP contribution in [-0.2, 0) is 11.3 Å². The van der Waals surface area contributed by atoms with E-state index in [1.807, 2.05) is 18.2 Å². The van der Waals surface area contributed by atoms with Gasteiger partial charge in [0.1, 0.15) is 0 Å². The Morgan fingerprint density at radius 2 is 2.00 bits per heavy atom. The molecule has 3 heteroatoms. The number of hydrogen-bond donors (Lipinski definition) is 1. The van der Waals surface area contributed by atoms with Crippen molar-refractivity contribution in [2.75, 3.05) is 13.1 Å². The Labute approximate surface area is 115 Å². The summed E-state index contributed by atoms with van der Waals surface area (Å²) in [5.41, 5.74) is 1.26. The first-order valence-corrected chi connectivity index (χ1v) is 7.05. The first kappa shape index (κ1) is 14.1. The van der Waals surface area contributed by atoms with Crippen molar-refractivity contribution >= 4 is 5.97 Å². The van der Waals surface area contributed by atoms with E-state index in [1.165, 1.54) is 5.56 Å². The van der Waals surface area contributed by atoms with Gasteiger partial charge in [-0.05, 0) is 23.8 Å². The van der Waals surface area contributed by atoms with Gasteiger partial charge in [0.05, 0.1) is 5.92 Å². The molecule has 104 valence electrons. The molecule has 1 N–H and O–H groups in total. The molecule has 1 saturated heterocycles. The van der Waals surface area contributed by atoms with E-state index in [4.69, 9.17) is 0 Å². The summed E-state index contributed by atoms with van der Waals surface area (Å²) in [6, 6.07) is 10.3. The van der Waals surface area contributed by atoms with Crippen molar-refractivity contribution in [3.63, 3.8) is 0 Å². The molecule has 1 aliphatic rings. The lowest BCUT2D eigenvalue weighted by Gasteiger charge is -2.17. The van der Waals surface area contributed by atoms with Crippen LogP contribution >= 0.6 is 0 Å². The van der Waals surface area contributed by atoms with Crippen LogP contribution in [0.15, 0.2) is 30.3 Å². The van der Waals surface area contributed by atoms with Gasteiger partial charge in [0.15, 0.2) is 0 Å². The van der Waals surface area contributed by atoms with E-state index in [1.54, 1.807) is 0 Å². The van der Waals surface area contributed by atoms with Crippen LogP contribution < -0.4 is 0 Å². The minimum absolute atomic E-state index is 0.203. The maximum absolute atomic E-state index is 11.4. The number of benzene rings is 1. The Morgan fingerprint density at radius 3 is 2.58 bits per heavy atom. The highest BCUT2D eigenvalue weighted by atomic mass is 16.4. The molecule has 19 heavy (non-hydrogen) atoms. The third kappa shape index (κ3) is 3.80. The maximum Gasteiger partial charge on any atom is 0.308 e.